The summed E-state index contributed by atoms with van der Waals surface area (Å²) >= 11 is 0. The Morgan fingerprint density at radius 3 is 2.50 bits per heavy atom. The molecule has 0 bridgehead atoms. The topological polar surface area (TPSA) is 55.6 Å². The molecule has 0 aromatic heterocycles. The van der Waals surface area contributed by atoms with Crippen LogP contribution in [0.15, 0.2) is 0 Å². The van der Waals surface area contributed by atoms with E-state index in [1.54, 1.807) is 0 Å². The highest BCUT2D eigenvalue weighted by atomic mass is 16.5. The fourth-order valence-corrected chi connectivity index (χ4v) is 4.41. The number of ether oxygens (including phenoxy) is 1. The van der Waals surface area contributed by atoms with Crippen LogP contribution in [0, 0.1) is 11.8 Å². The Morgan fingerprint density at radius 1 is 1.20 bits per heavy atom. The average molecular weight is 280 g/mol. The number of carbonyl (C=O) groups excluding carboxylic acids is 1. The molecule has 2 unspecified atom stereocenters. The summed E-state index contributed by atoms with van der Waals surface area (Å²) in [5.74, 6) is 0.954. The number of carbonyl (C=O) groups is 1. The first-order valence-electron chi connectivity index (χ1n) is 8.26. The van der Waals surface area contributed by atoms with Crippen molar-refractivity contribution in [3.8, 4) is 0 Å². The van der Waals surface area contributed by atoms with E-state index in [1.165, 1.54) is 45.6 Å². The van der Waals surface area contributed by atoms with Gasteiger partial charge < -0.3 is 10.5 Å². The molecule has 0 aromatic rings. The Morgan fingerprint density at radius 2 is 1.90 bits per heavy atom. The van der Waals surface area contributed by atoms with Crippen molar-refractivity contribution in [2.45, 2.75) is 62.9 Å². The summed E-state index contributed by atoms with van der Waals surface area (Å²) in [6.07, 6.45) is 10.2. The molecule has 2 atom stereocenters. The third-order valence-electron chi connectivity index (χ3n) is 5.69. The highest BCUT2D eigenvalue weighted by Crippen LogP contribution is 2.42. The first-order chi connectivity index (χ1) is 9.65. The summed E-state index contributed by atoms with van der Waals surface area (Å²) in [5, 5.41) is 0. The smallest absolute Gasteiger partial charge is 0.327 e. The van der Waals surface area contributed by atoms with Gasteiger partial charge in [-0.15, -0.1) is 0 Å². The van der Waals surface area contributed by atoms with Gasteiger partial charge in [-0.05, 0) is 56.9 Å². The van der Waals surface area contributed by atoms with Gasteiger partial charge in [0.2, 0.25) is 0 Å². The summed E-state index contributed by atoms with van der Waals surface area (Å²) < 4.78 is 5.00. The number of hydrogen-bond donors (Lipinski definition) is 1. The standard InChI is InChI=1S/C16H28N2O2/c1-20-15(19)16(17,13-8-9-13)11-18-10-4-7-14(18)12-5-2-3-6-12/h12-14H,2-11,17H2,1H3. The van der Waals surface area contributed by atoms with Crippen molar-refractivity contribution >= 4 is 5.97 Å². The van der Waals surface area contributed by atoms with Crippen molar-refractivity contribution in [1.29, 1.82) is 0 Å². The number of hydrogen-bond acceptors (Lipinski definition) is 4. The van der Waals surface area contributed by atoms with Gasteiger partial charge in [-0.1, -0.05) is 12.8 Å². The zero-order valence-electron chi connectivity index (χ0n) is 12.6. The van der Waals surface area contributed by atoms with Crippen LogP contribution in [0.2, 0.25) is 0 Å². The van der Waals surface area contributed by atoms with Crippen LogP contribution >= 0.6 is 0 Å². The number of methoxy groups -OCH3 is 1. The van der Waals surface area contributed by atoms with Crippen molar-refractivity contribution in [3.63, 3.8) is 0 Å². The number of nitrogens with zero attached hydrogens (tertiary/aromatic N) is 1. The van der Waals surface area contributed by atoms with Gasteiger partial charge in [-0.3, -0.25) is 9.69 Å². The van der Waals surface area contributed by atoms with E-state index in [9.17, 15) is 4.79 Å². The highest BCUT2D eigenvalue weighted by Gasteiger charge is 2.51. The minimum absolute atomic E-state index is 0.211. The van der Waals surface area contributed by atoms with E-state index < -0.39 is 5.54 Å². The Labute approximate surface area is 122 Å². The Kier molecular flexibility index (Phi) is 4.04. The fraction of sp³-hybridized carbons (Fsp3) is 0.938. The lowest BCUT2D eigenvalue weighted by atomic mass is 9.91. The number of likely N-dealkylation sites (tertiary alicyclic amines) is 1. The normalized spacial score (nSPS) is 31.4. The molecular formula is C16H28N2O2. The Balaban J connectivity index is 1.69. The molecule has 20 heavy (non-hydrogen) atoms. The first kappa shape index (κ1) is 14.3. The Hall–Kier alpha value is -0.610. The molecule has 0 spiro atoms. The average Bonchev–Trinajstić information content (AvgIpc) is 2.99. The van der Waals surface area contributed by atoms with Crippen molar-refractivity contribution < 1.29 is 9.53 Å². The largest absolute Gasteiger partial charge is 0.468 e. The fourth-order valence-electron chi connectivity index (χ4n) is 4.41. The van der Waals surface area contributed by atoms with Gasteiger partial charge in [0.15, 0.2) is 0 Å². The lowest BCUT2D eigenvalue weighted by Gasteiger charge is -2.36. The van der Waals surface area contributed by atoms with Gasteiger partial charge in [0, 0.05) is 12.6 Å². The van der Waals surface area contributed by atoms with E-state index in [-0.39, 0.29) is 5.97 Å². The molecule has 2 N–H and O–H groups in total. The molecule has 0 aromatic carbocycles. The molecule has 3 fully saturated rings. The summed E-state index contributed by atoms with van der Waals surface area (Å²) in [6.45, 7) is 1.80. The van der Waals surface area contributed by atoms with Crippen molar-refractivity contribution in [2.24, 2.45) is 17.6 Å². The summed E-state index contributed by atoms with van der Waals surface area (Å²) in [7, 11) is 1.46. The van der Waals surface area contributed by atoms with E-state index in [0.717, 1.165) is 25.3 Å². The van der Waals surface area contributed by atoms with E-state index in [1.807, 2.05) is 0 Å². The van der Waals surface area contributed by atoms with Gasteiger partial charge in [0.25, 0.3) is 0 Å². The molecule has 2 saturated carbocycles. The molecule has 1 aliphatic heterocycles. The number of esters is 1. The predicted molar refractivity (Wildman–Crippen MR) is 78.2 cm³/mol. The lowest BCUT2D eigenvalue weighted by molar-refractivity contribution is -0.149. The quantitative estimate of drug-likeness (QED) is 0.782. The SMILES string of the molecule is COC(=O)C(N)(CN1CCCC1C1CCCC1)C1CC1. The van der Waals surface area contributed by atoms with Crippen LogP contribution in [0.4, 0.5) is 0 Å². The zero-order chi connectivity index (χ0) is 14.2. The van der Waals surface area contributed by atoms with E-state index in [0.29, 0.717) is 18.5 Å². The van der Waals surface area contributed by atoms with Gasteiger partial charge >= 0.3 is 5.97 Å². The summed E-state index contributed by atoms with van der Waals surface area (Å²) in [5.41, 5.74) is 5.71. The minimum atomic E-state index is -0.768. The van der Waals surface area contributed by atoms with Gasteiger partial charge in [-0.2, -0.15) is 0 Å². The lowest BCUT2D eigenvalue weighted by Crippen LogP contribution is -2.59. The molecule has 0 amide bonds. The maximum Gasteiger partial charge on any atom is 0.327 e. The number of nitrogens with two attached hydrogens (primary N) is 1. The molecule has 114 valence electrons. The van der Waals surface area contributed by atoms with Crippen LogP contribution in [0.5, 0.6) is 0 Å². The highest BCUT2D eigenvalue weighted by molar-refractivity contribution is 5.81. The minimum Gasteiger partial charge on any atom is -0.468 e. The zero-order valence-corrected chi connectivity index (χ0v) is 12.6. The molecule has 1 heterocycles. The maximum atomic E-state index is 12.2. The summed E-state index contributed by atoms with van der Waals surface area (Å²) in [4.78, 5) is 14.7. The molecule has 3 aliphatic rings. The van der Waals surface area contributed by atoms with Crippen LogP contribution in [0.3, 0.4) is 0 Å². The molecular weight excluding hydrogens is 252 g/mol. The molecule has 1 saturated heterocycles. The number of rotatable bonds is 5. The van der Waals surface area contributed by atoms with E-state index >= 15 is 0 Å². The van der Waals surface area contributed by atoms with Crippen molar-refractivity contribution in [2.75, 3.05) is 20.2 Å². The van der Waals surface area contributed by atoms with Gasteiger partial charge in [0.05, 0.1) is 7.11 Å². The second-order valence-corrected chi connectivity index (χ2v) is 7.03. The van der Waals surface area contributed by atoms with E-state index in [4.69, 9.17) is 10.5 Å². The van der Waals surface area contributed by atoms with Gasteiger partial charge in [-0.25, -0.2) is 0 Å². The monoisotopic (exact) mass is 280 g/mol. The second kappa shape index (κ2) is 5.64. The molecule has 3 rings (SSSR count). The molecule has 2 aliphatic carbocycles. The molecule has 4 heteroatoms. The van der Waals surface area contributed by atoms with Crippen molar-refractivity contribution in [1.82, 2.24) is 4.90 Å². The first-order valence-corrected chi connectivity index (χ1v) is 8.26. The van der Waals surface area contributed by atoms with E-state index in [2.05, 4.69) is 4.90 Å². The van der Waals surface area contributed by atoms with Crippen LogP contribution in [0.25, 0.3) is 0 Å². The van der Waals surface area contributed by atoms with Gasteiger partial charge in [0.1, 0.15) is 5.54 Å². The van der Waals surface area contributed by atoms with Crippen LogP contribution in [-0.4, -0.2) is 42.6 Å². The third-order valence-corrected chi connectivity index (χ3v) is 5.69. The summed E-state index contributed by atoms with van der Waals surface area (Å²) in [6, 6.07) is 0.656. The maximum absolute atomic E-state index is 12.2. The third kappa shape index (κ3) is 2.60. The van der Waals surface area contributed by atoms with Crippen LogP contribution in [-0.2, 0) is 9.53 Å². The Bertz CT molecular complexity index is 363. The van der Waals surface area contributed by atoms with Crippen molar-refractivity contribution in [3.05, 3.63) is 0 Å². The molecule has 0 radical (unpaired) electrons. The molecule has 4 nitrogen and oxygen atoms in total. The van der Waals surface area contributed by atoms with Crippen LogP contribution in [0.1, 0.15) is 51.4 Å². The predicted octanol–water partition coefficient (Wildman–Crippen LogP) is 1.92. The van der Waals surface area contributed by atoms with Crippen LogP contribution < -0.4 is 5.73 Å². The second-order valence-electron chi connectivity index (χ2n) is 7.03.